The monoisotopic (exact) mass is 327 g/mol. The van der Waals surface area contributed by atoms with E-state index < -0.39 is 6.36 Å². The molecule has 18 heavy (non-hydrogen) atoms. The molecule has 0 aromatic heterocycles. The van der Waals surface area contributed by atoms with Gasteiger partial charge in [0.05, 0.1) is 4.47 Å². The summed E-state index contributed by atoms with van der Waals surface area (Å²) in [5.74, 6) is 0.0177. The van der Waals surface area contributed by atoms with Crippen molar-refractivity contribution in [2.75, 3.05) is 27.2 Å². The van der Waals surface area contributed by atoms with E-state index in [2.05, 4.69) is 20.7 Å². The summed E-state index contributed by atoms with van der Waals surface area (Å²) in [4.78, 5) is 1.91. The zero-order chi connectivity index (χ0) is 13.8. The first kappa shape index (κ1) is 15.1. The first-order valence-corrected chi connectivity index (χ1v) is 5.90. The number of alkyl halides is 3. The van der Waals surface area contributed by atoms with Crippen LogP contribution in [0.25, 0.3) is 0 Å². The van der Waals surface area contributed by atoms with Crippen molar-refractivity contribution < 1.29 is 22.6 Å². The van der Waals surface area contributed by atoms with Crippen molar-refractivity contribution in [1.29, 1.82) is 0 Å². The van der Waals surface area contributed by atoms with Crippen LogP contribution in [0.1, 0.15) is 0 Å². The summed E-state index contributed by atoms with van der Waals surface area (Å²) in [6.07, 6.45) is -4.72. The van der Waals surface area contributed by atoms with Gasteiger partial charge in [0.1, 0.15) is 18.1 Å². The molecule has 0 aliphatic rings. The third-order valence-corrected chi connectivity index (χ3v) is 2.59. The average Bonchev–Trinajstić information content (AvgIpc) is 2.20. The van der Waals surface area contributed by atoms with Crippen molar-refractivity contribution in [3.05, 3.63) is 22.7 Å². The minimum Gasteiger partial charge on any atom is -0.492 e. The van der Waals surface area contributed by atoms with Gasteiger partial charge in [-0.05, 0) is 42.2 Å². The second-order valence-electron chi connectivity index (χ2n) is 3.79. The molecule has 1 aromatic rings. The summed E-state index contributed by atoms with van der Waals surface area (Å²) < 4.78 is 45.8. The van der Waals surface area contributed by atoms with Crippen molar-refractivity contribution in [2.45, 2.75) is 6.36 Å². The topological polar surface area (TPSA) is 21.7 Å². The smallest absolute Gasteiger partial charge is 0.492 e. The van der Waals surface area contributed by atoms with Crippen LogP contribution >= 0.6 is 15.9 Å². The van der Waals surface area contributed by atoms with Gasteiger partial charge in [-0.3, -0.25) is 0 Å². The molecule has 0 amide bonds. The van der Waals surface area contributed by atoms with Crippen molar-refractivity contribution in [2.24, 2.45) is 0 Å². The van der Waals surface area contributed by atoms with Crippen LogP contribution < -0.4 is 9.47 Å². The molecule has 0 saturated heterocycles. The molecule has 0 heterocycles. The molecule has 0 bridgehead atoms. The molecule has 0 saturated carbocycles. The van der Waals surface area contributed by atoms with E-state index >= 15 is 0 Å². The number of ether oxygens (including phenoxy) is 2. The fourth-order valence-electron chi connectivity index (χ4n) is 1.12. The van der Waals surface area contributed by atoms with Gasteiger partial charge in [0.2, 0.25) is 0 Å². The standard InChI is InChI=1S/C11H13BrF3NO2/c1-16(2)5-6-17-8-3-4-9(12)10(7-8)18-11(13,14)15/h3-4,7H,5-6H2,1-2H3. The van der Waals surface area contributed by atoms with Crippen LogP contribution in [0, 0.1) is 0 Å². The Kier molecular flexibility index (Phi) is 5.28. The minimum atomic E-state index is -4.72. The van der Waals surface area contributed by atoms with E-state index in [0.29, 0.717) is 18.9 Å². The Morgan fingerprint density at radius 2 is 1.94 bits per heavy atom. The SMILES string of the molecule is CN(C)CCOc1ccc(Br)c(OC(F)(F)F)c1. The van der Waals surface area contributed by atoms with Crippen molar-refractivity contribution in [3.8, 4) is 11.5 Å². The Bertz CT molecular complexity index is 396. The van der Waals surface area contributed by atoms with Crippen LogP contribution in [0.5, 0.6) is 11.5 Å². The fourth-order valence-corrected chi connectivity index (χ4v) is 1.45. The van der Waals surface area contributed by atoms with Crippen LogP contribution in [0.15, 0.2) is 22.7 Å². The van der Waals surface area contributed by atoms with Gasteiger partial charge in [0.15, 0.2) is 0 Å². The van der Waals surface area contributed by atoms with Crippen LogP contribution in [-0.2, 0) is 0 Å². The highest BCUT2D eigenvalue weighted by molar-refractivity contribution is 9.10. The molecule has 0 aliphatic heterocycles. The van der Waals surface area contributed by atoms with Crippen molar-refractivity contribution in [1.82, 2.24) is 4.90 Å². The molecule has 1 aromatic carbocycles. The lowest BCUT2D eigenvalue weighted by Crippen LogP contribution is -2.19. The van der Waals surface area contributed by atoms with Crippen molar-refractivity contribution in [3.63, 3.8) is 0 Å². The minimum absolute atomic E-state index is 0.222. The first-order valence-electron chi connectivity index (χ1n) is 5.11. The summed E-state index contributed by atoms with van der Waals surface area (Å²) in [6.45, 7) is 1.06. The summed E-state index contributed by atoms with van der Waals surface area (Å²) in [5, 5.41) is 0. The van der Waals surface area contributed by atoms with Crippen LogP contribution in [0.4, 0.5) is 13.2 Å². The Balaban J connectivity index is 2.68. The quantitative estimate of drug-likeness (QED) is 0.828. The van der Waals surface area contributed by atoms with Gasteiger partial charge in [0.25, 0.3) is 0 Å². The molecule has 0 unspecified atom stereocenters. The molecule has 0 spiro atoms. The Morgan fingerprint density at radius 3 is 2.50 bits per heavy atom. The van der Waals surface area contributed by atoms with Gasteiger partial charge < -0.3 is 14.4 Å². The maximum absolute atomic E-state index is 12.1. The zero-order valence-electron chi connectivity index (χ0n) is 9.92. The highest BCUT2D eigenvalue weighted by atomic mass is 79.9. The molecule has 0 N–H and O–H groups in total. The molecule has 0 radical (unpaired) electrons. The van der Waals surface area contributed by atoms with E-state index in [1.54, 1.807) is 6.07 Å². The number of halogens is 4. The summed E-state index contributed by atoms with van der Waals surface area (Å²) in [6, 6.07) is 4.22. The number of hydrogen-bond acceptors (Lipinski definition) is 3. The van der Waals surface area contributed by atoms with Gasteiger partial charge in [-0.1, -0.05) is 0 Å². The van der Waals surface area contributed by atoms with Gasteiger partial charge in [-0.2, -0.15) is 0 Å². The molecule has 3 nitrogen and oxygen atoms in total. The largest absolute Gasteiger partial charge is 0.573 e. The lowest BCUT2D eigenvalue weighted by atomic mass is 10.3. The lowest BCUT2D eigenvalue weighted by Gasteiger charge is -2.14. The van der Waals surface area contributed by atoms with E-state index in [9.17, 15) is 13.2 Å². The number of hydrogen-bond donors (Lipinski definition) is 0. The van der Waals surface area contributed by atoms with Crippen LogP contribution in [0.3, 0.4) is 0 Å². The van der Waals surface area contributed by atoms with E-state index in [-0.39, 0.29) is 10.2 Å². The number of rotatable bonds is 5. The van der Waals surface area contributed by atoms with Gasteiger partial charge >= 0.3 is 6.36 Å². The zero-order valence-corrected chi connectivity index (χ0v) is 11.5. The summed E-state index contributed by atoms with van der Waals surface area (Å²) in [7, 11) is 3.76. The summed E-state index contributed by atoms with van der Waals surface area (Å²) in [5.41, 5.74) is 0. The predicted octanol–water partition coefficient (Wildman–Crippen LogP) is 3.29. The van der Waals surface area contributed by atoms with E-state index in [1.807, 2.05) is 19.0 Å². The maximum Gasteiger partial charge on any atom is 0.573 e. The van der Waals surface area contributed by atoms with Crippen LogP contribution in [-0.4, -0.2) is 38.5 Å². The van der Waals surface area contributed by atoms with Crippen LogP contribution in [0.2, 0.25) is 0 Å². The van der Waals surface area contributed by atoms with Gasteiger partial charge in [0, 0.05) is 12.6 Å². The normalized spacial score (nSPS) is 11.7. The Labute approximate surface area is 112 Å². The Hall–Kier alpha value is -0.950. The second kappa shape index (κ2) is 6.29. The lowest BCUT2D eigenvalue weighted by molar-refractivity contribution is -0.274. The number of benzene rings is 1. The third kappa shape index (κ3) is 5.59. The maximum atomic E-state index is 12.1. The van der Waals surface area contributed by atoms with Crippen molar-refractivity contribution >= 4 is 15.9 Å². The highest BCUT2D eigenvalue weighted by Crippen LogP contribution is 2.33. The van der Waals surface area contributed by atoms with Gasteiger partial charge in [-0.25, -0.2) is 0 Å². The first-order chi connectivity index (χ1) is 8.28. The predicted molar refractivity (Wildman–Crippen MR) is 64.9 cm³/mol. The van der Waals surface area contributed by atoms with Gasteiger partial charge in [-0.15, -0.1) is 13.2 Å². The van der Waals surface area contributed by atoms with E-state index in [4.69, 9.17) is 4.74 Å². The van der Waals surface area contributed by atoms with E-state index in [0.717, 1.165) is 0 Å². The van der Waals surface area contributed by atoms with E-state index in [1.165, 1.54) is 12.1 Å². The molecule has 0 atom stereocenters. The molecular weight excluding hydrogens is 315 g/mol. The third-order valence-electron chi connectivity index (χ3n) is 1.94. The molecule has 1 rings (SSSR count). The molecule has 0 aliphatic carbocycles. The fraction of sp³-hybridized carbons (Fsp3) is 0.455. The highest BCUT2D eigenvalue weighted by Gasteiger charge is 2.32. The second-order valence-corrected chi connectivity index (χ2v) is 4.65. The molecule has 102 valence electrons. The molecule has 0 fully saturated rings. The number of nitrogens with zero attached hydrogens (tertiary/aromatic N) is 1. The Morgan fingerprint density at radius 1 is 1.28 bits per heavy atom. The summed E-state index contributed by atoms with van der Waals surface area (Å²) >= 11 is 2.99. The molecule has 7 heteroatoms. The average molecular weight is 328 g/mol. The number of likely N-dealkylation sites (N-methyl/N-ethyl adjacent to an activating group) is 1. The molecular formula is C11H13BrF3NO2.